The van der Waals surface area contributed by atoms with E-state index >= 15 is 0 Å². The zero-order valence-corrected chi connectivity index (χ0v) is 12.3. The van der Waals surface area contributed by atoms with Gasteiger partial charge in [0.2, 0.25) is 0 Å². The molecule has 6 nitrogen and oxygen atoms in total. The second-order valence-corrected chi connectivity index (χ2v) is 4.15. The Kier molecular flexibility index (Phi) is 9.49. The standard InChI is InChI=1S/C13H20N2O4.ClH/c1-18-12(16)5-3-2-4-6-15-13(17)10-7-11(8-14)19-9-10;/h7,9H,2-6,8,14H2,1H3,(H,15,17);1H. The molecule has 1 heterocycles. The minimum absolute atomic E-state index is 0. The molecule has 1 aromatic rings. The number of nitrogens with one attached hydrogen (secondary N) is 1. The smallest absolute Gasteiger partial charge is 0.305 e. The summed E-state index contributed by atoms with van der Waals surface area (Å²) in [4.78, 5) is 22.5. The van der Waals surface area contributed by atoms with Gasteiger partial charge < -0.3 is 20.2 Å². The van der Waals surface area contributed by atoms with Gasteiger partial charge >= 0.3 is 5.97 Å². The number of hydrogen-bond acceptors (Lipinski definition) is 5. The van der Waals surface area contributed by atoms with Crippen molar-refractivity contribution in [3.05, 3.63) is 23.7 Å². The summed E-state index contributed by atoms with van der Waals surface area (Å²) < 4.78 is 9.62. The Morgan fingerprint density at radius 3 is 2.70 bits per heavy atom. The van der Waals surface area contributed by atoms with Gasteiger partial charge in [-0.25, -0.2) is 0 Å². The van der Waals surface area contributed by atoms with Gasteiger partial charge in [-0.2, -0.15) is 0 Å². The first kappa shape index (κ1) is 18.5. The van der Waals surface area contributed by atoms with Crippen LogP contribution in [-0.4, -0.2) is 25.5 Å². The number of rotatable bonds is 8. The molecule has 114 valence electrons. The summed E-state index contributed by atoms with van der Waals surface area (Å²) in [5, 5.41) is 2.78. The molecule has 7 heteroatoms. The Balaban J connectivity index is 0.00000361. The lowest BCUT2D eigenvalue weighted by molar-refractivity contribution is -0.140. The van der Waals surface area contributed by atoms with E-state index in [9.17, 15) is 9.59 Å². The van der Waals surface area contributed by atoms with Gasteiger partial charge in [0.25, 0.3) is 5.91 Å². The molecule has 0 unspecified atom stereocenters. The van der Waals surface area contributed by atoms with Crippen LogP contribution in [0.4, 0.5) is 0 Å². The van der Waals surface area contributed by atoms with Crippen molar-refractivity contribution in [3.8, 4) is 0 Å². The fraction of sp³-hybridized carbons (Fsp3) is 0.538. The van der Waals surface area contributed by atoms with Crippen LogP contribution >= 0.6 is 12.4 Å². The normalized spacial score (nSPS) is 9.70. The number of ether oxygens (including phenoxy) is 1. The molecule has 0 aromatic carbocycles. The van der Waals surface area contributed by atoms with Crippen LogP contribution < -0.4 is 11.1 Å². The van der Waals surface area contributed by atoms with E-state index in [2.05, 4.69) is 10.1 Å². The topological polar surface area (TPSA) is 94.6 Å². The molecule has 0 saturated carbocycles. The number of hydrogen-bond donors (Lipinski definition) is 2. The van der Waals surface area contributed by atoms with Crippen molar-refractivity contribution in [2.24, 2.45) is 5.73 Å². The lowest BCUT2D eigenvalue weighted by Crippen LogP contribution is -2.23. The number of nitrogens with two attached hydrogens (primary N) is 1. The van der Waals surface area contributed by atoms with Crippen molar-refractivity contribution in [1.29, 1.82) is 0 Å². The predicted octanol–water partition coefficient (Wildman–Crippen LogP) is 1.62. The molecule has 0 aliphatic heterocycles. The number of carbonyl (C=O) groups excluding carboxylic acids is 2. The third kappa shape index (κ3) is 6.58. The van der Waals surface area contributed by atoms with Gasteiger partial charge in [0, 0.05) is 13.0 Å². The van der Waals surface area contributed by atoms with E-state index < -0.39 is 0 Å². The molecule has 20 heavy (non-hydrogen) atoms. The number of methoxy groups -OCH3 is 1. The second-order valence-electron chi connectivity index (χ2n) is 4.15. The van der Waals surface area contributed by atoms with Crippen LogP contribution in [0.2, 0.25) is 0 Å². The Morgan fingerprint density at radius 1 is 1.35 bits per heavy atom. The second kappa shape index (κ2) is 10.3. The molecule has 0 radical (unpaired) electrons. The van der Waals surface area contributed by atoms with Crippen molar-refractivity contribution in [1.82, 2.24) is 5.32 Å². The zero-order chi connectivity index (χ0) is 14.1. The van der Waals surface area contributed by atoms with E-state index in [0.717, 1.165) is 19.3 Å². The first-order chi connectivity index (χ1) is 9.17. The molecule has 0 fully saturated rings. The largest absolute Gasteiger partial charge is 0.469 e. The van der Waals surface area contributed by atoms with E-state index in [0.29, 0.717) is 24.3 Å². The van der Waals surface area contributed by atoms with E-state index in [-0.39, 0.29) is 30.8 Å². The molecular weight excluding hydrogens is 284 g/mol. The average molecular weight is 305 g/mol. The molecule has 3 N–H and O–H groups in total. The van der Waals surface area contributed by atoms with Crippen LogP contribution in [0.3, 0.4) is 0 Å². The summed E-state index contributed by atoms with van der Waals surface area (Å²) in [5.74, 6) is 0.219. The fourth-order valence-electron chi connectivity index (χ4n) is 1.58. The van der Waals surface area contributed by atoms with Crippen molar-refractivity contribution in [2.75, 3.05) is 13.7 Å². The highest BCUT2D eigenvalue weighted by Crippen LogP contribution is 2.07. The highest BCUT2D eigenvalue weighted by atomic mass is 35.5. The van der Waals surface area contributed by atoms with E-state index in [1.165, 1.54) is 13.4 Å². The number of esters is 1. The molecule has 0 aliphatic carbocycles. The maximum Gasteiger partial charge on any atom is 0.305 e. The number of furan rings is 1. The predicted molar refractivity (Wildman–Crippen MR) is 76.7 cm³/mol. The van der Waals surface area contributed by atoms with Crippen LogP contribution in [0.25, 0.3) is 0 Å². The first-order valence-corrected chi connectivity index (χ1v) is 6.30. The van der Waals surface area contributed by atoms with Crippen molar-refractivity contribution < 1.29 is 18.7 Å². The lowest BCUT2D eigenvalue weighted by atomic mass is 10.2. The average Bonchev–Trinajstić information content (AvgIpc) is 2.91. The SMILES string of the molecule is COC(=O)CCCCCNC(=O)c1coc(CN)c1.Cl. The van der Waals surface area contributed by atoms with Gasteiger partial charge in [-0.1, -0.05) is 6.42 Å². The lowest BCUT2D eigenvalue weighted by Gasteiger charge is -2.03. The third-order valence-electron chi connectivity index (χ3n) is 2.69. The monoisotopic (exact) mass is 304 g/mol. The molecule has 0 aliphatic rings. The van der Waals surface area contributed by atoms with Gasteiger partial charge in [-0.3, -0.25) is 9.59 Å². The molecular formula is C13H21ClN2O4. The van der Waals surface area contributed by atoms with Crippen molar-refractivity contribution in [3.63, 3.8) is 0 Å². The highest BCUT2D eigenvalue weighted by Gasteiger charge is 2.08. The van der Waals surface area contributed by atoms with E-state index in [4.69, 9.17) is 10.2 Å². The summed E-state index contributed by atoms with van der Waals surface area (Å²) in [7, 11) is 1.38. The summed E-state index contributed by atoms with van der Waals surface area (Å²) in [5.41, 5.74) is 5.87. The highest BCUT2D eigenvalue weighted by molar-refractivity contribution is 5.93. The van der Waals surface area contributed by atoms with E-state index in [1.54, 1.807) is 6.07 Å². The minimum atomic E-state index is -0.197. The quantitative estimate of drug-likeness (QED) is 0.562. The molecule has 0 bridgehead atoms. The summed E-state index contributed by atoms with van der Waals surface area (Å²) in [6, 6.07) is 1.63. The van der Waals surface area contributed by atoms with Gasteiger partial charge in [0.05, 0.1) is 19.2 Å². The summed E-state index contributed by atoms with van der Waals surface area (Å²) in [6.45, 7) is 0.851. The zero-order valence-electron chi connectivity index (χ0n) is 11.5. The molecule has 1 amide bonds. The Bertz CT molecular complexity index is 420. The first-order valence-electron chi connectivity index (χ1n) is 6.30. The molecule has 1 rings (SSSR count). The Morgan fingerprint density at radius 2 is 2.10 bits per heavy atom. The number of amides is 1. The Labute approximate surface area is 124 Å². The van der Waals surface area contributed by atoms with Crippen molar-refractivity contribution in [2.45, 2.75) is 32.2 Å². The molecule has 1 aromatic heterocycles. The maximum absolute atomic E-state index is 11.7. The molecule has 0 atom stereocenters. The van der Waals surface area contributed by atoms with E-state index in [1.807, 2.05) is 0 Å². The number of unbranched alkanes of at least 4 members (excludes halogenated alkanes) is 2. The summed E-state index contributed by atoms with van der Waals surface area (Å²) >= 11 is 0. The van der Waals surface area contributed by atoms with Gasteiger partial charge in [0.1, 0.15) is 12.0 Å². The van der Waals surface area contributed by atoms with Crippen LogP contribution in [0.15, 0.2) is 16.7 Å². The number of halogens is 1. The van der Waals surface area contributed by atoms with Gasteiger partial charge in [-0.15, -0.1) is 12.4 Å². The van der Waals surface area contributed by atoms with Crippen LogP contribution in [0.5, 0.6) is 0 Å². The summed E-state index contributed by atoms with van der Waals surface area (Å²) in [6.07, 6.45) is 4.28. The van der Waals surface area contributed by atoms with Gasteiger partial charge in [0.15, 0.2) is 0 Å². The fourth-order valence-corrected chi connectivity index (χ4v) is 1.58. The van der Waals surface area contributed by atoms with Crippen LogP contribution in [0.1, 0.15) is 41.8 Å². The Hall–Kier alpha value is -1.53. The minimum Gasteiger partial charge on any atom is -0.469 e. The molecule has 0 saturated heterocycles. The number of carbonyl (C=O) groups is 2. The van der Waals surface area contributed by atoms with Gasteiger partial charge in [-0.05, 0) is 18.9 Å². The van der Waals surface area contributed by atoms with Crippen LogP contribution in [-0.2, 0) is 16.1 Å². The third-order valence-corrected chi connectivity index (χ3v) is 2.69. The molecule has 0 spiro atoms. The van der Waals surface area contributed by atoms with Crippen molar-refractivity contribution >= 4 is 24.3 Å². The maximum atomic E-state index is 11.7. The van der Waals surface area contributed by atoms with Crippen LogP contribution in [0, 0.1) is 0 Å².